The van der Waals surface area contributed by atoms with Crippen LogP contribution in [0.15, 0.2) is 109 Å². The Bertz CT molecular complexity index is 1190. The van der Waals surface area contributed by atoms with Crippen molar-refractivity contribution < 1.29 is 0 Å². The number of thiazole rings is 1. The zero-order valence-electron chi connectivity index (χ0n) is 15.7. The molecule has 0 saturated carbocycles. The van der Waals surface area contributed by atoms with Crippen molar-refractivity contribution in [1.29, 1.82) is 0 Å². The highest BCUT2D eigenvalue weighted by Gasteiger charge is 2.16. The summed E-state index contributed by atoms with van der Waals surface area (Å²) in [5, 5.41) is 7.91. The summed E-state index contributed by atoms with van der Waals surface area (Å²) in [4.78, 5) is 6.91. The number of nitrogens with one attached hydrogen (secondary N) is 1. The van der Waals surface area contributed by atoms with E-state index in [1.54, 1.807) is 11.3 Å². The fourth-order valence-electron chi connectivity index (χ4n) is 3.42. The molecule has 1 aromatic heterocycles. The van der Waals surface area contributed by atoms with Gasteiger partial charge in [0.1, 0.15) is 5.00 Å². The number of hydrogen-bond donors (Lipinski definition) is 1. The Morgan fingerprint density at radius 3 is 2.00 bits per heavy atom. The number of fused-ring (bicyclic) bond motifs is 1. The molecule has 5 rings (SSSR count). The third-order valence-electron chi connectivity index (χ3n) is 4.76. The first kappa shape index (κ1) is 17.5. The lowest BCUT2D eigenvalue weighted by atomic mass is 10.1. The van der Waals surface area contributed by atoms with Gasteiger partial charge in [0, 0.05) is 22.4 Å². The number of hydrogen-bond acceptors (Lipinski definition) is 4. The van der Waals surface area contributed by atoms with E-state index in [1.165, 1.54) is 10.8 Å². The van der Waals surface area contributed by atoms with Crippen molar-refractivity contribution in [3.05, 3.63) is 109 Å². The molecule has 0 aliphatic heterocycles. The Morgan fingerprint density at radius 1 is 0.655 bits per heavy atom. The van der Waals surface area contributed by atoms with Crippen LogP contribution in [0.4, 0.5) is 27.2 Å². The summed E-state index contributed by atoms with van der Waals surface area (Å²) in [5.41, 5.74) is 3.26. The van der Waals surface area contributed by atoms with Crippen LogP contribution < -0.4 is 10.2 Å². The van der Waals surface area contributed by atoms with Gasteiger partial charge in [-0.25, -0.2) is 4.98 Å². The summed E-state index contributed by atoms with van der Waals surface area (Å²) >= 11 is 1.64. The molecule has 4 heteroatoms. The molecule has 0 saturated heterocycles. The van der Waals surface area contributed by atoms with Gasteiger partial charge >= 0.3 is 0 Å². The van der Waals surface area contributed by atoms with Crippen molar-refractivity contribution in [3.63, 3.8) is 0 Å². The molecule has 1 heterocycles. The second-order valence-corrected chi connectivity index (χ2v) is 7.67. The largest absolute Gasteiger partial charge is 0.345 e. The fourth-order valence-corrected chi connectivity index (χ4v) is 4.29. The molecule has 0 aliphatic carbocycles. The second-order valence-electron chi connectivity index (χ2n) is 6.67. The van der Waals surface area contributed by atoms with E-state index in [-0.39, 0.29) is 0 Å². The fraction of sp³-hybridized carbons (Fsp3) is 0. The van der Waals surface area contributed by atoms with E-state index in [0.717, 1.165) is 27.2 Å². The first-order valence-corrected chi connectivity index (χ1v) is 10.3. The van der Waals surface area contributed by atoms with Gasteiger partial charge in [-0.3, -0.25) is 4.90 Å². The van der Waals surface area contributed by atoms with Crippen LogP contribution in [0.25, 0.3) is 10.8 Å². The van der Waals surface area contributed by atoms with E-state index < -0.39 is 0 Å². The van der Waals surface area contributed by atoms with Crippen molar-refractivity contribution in [2.75, 3.05) is 10.2 Å². The monoisotopic (exact) mass is 393 g/mol. The lowest BCUT2D eigenvalue weighted by Crippen LogP contribution is -2.08. The Balaban J connectivity index is 1.52. The molecule has 4 aromatic carbocycles. The molecule has 0 unspecified atom stereocenters. The SMILES string of the molecule is c1ccc(N(c2ccccc2)c2ncc(Nc3cccc4ccccc34)s2)cc1. The molecule has 0 bridgehead atoms. The Morgan fingerprint density at radius 2 is 1.28 bits per heavy atom. The zero-order valence-corrected chi connectivity index (χ0v) is 16.5. The minimum Gasteiger partial charge on any atom is -0.345 e. The maximum absolute atomic E-state index is 4.73. The third kappa shape index (κ3) is 3.58. The van der Waals surface area contributed by atoms with Crippen molar-refractivity contribution in [2.24, 2.45) is 0 Å². The van der Waals surface area contributed by atoms with Crippen molar-refractivity contribution in [2.45, 2.75) is 0 Å². The molecule has 29 heavy (non-hydrogen) atoms. The minimum absolute atomic E-state index is 0.921. The predicted octanol–water partition coefficient (Wildman–Crippen LogP) is 7.51. The van der Waals surface area contributed by atoms with Crippen LogP contribution in [0.1, 0.15) is 0 Å². The van der Waals surface area contributed by atoms with Gasteiger partial charge in [-0.15, -0.1) is 0 Å². The third-order valence-corrected chi connectivity index (χ3v) is 5.66. The number of rotatable bonds is 5. The molecule has 140 valence electrons. The molecule has 3 nitrogen and oxygen atoms in total. The van der Waals surface area contributed by atoms with Gasteiger partial charge in [0.25, 0.3) is 0 Å². The number of nitrogens with zero attached hydrogens (tertiary/aromatic N) is 2. The van der Waals surface area contributed by atoms with Gasteiger partial charge in [0.2, 0.25) is 0 Å². The maximum atomic E-state index is 4.73. The van der Waals surface area contributed by atoms with E-state index in [1.807, 2.05) is 42.6 Å². The summed E-state index contributed by atoms with van der Waals surface area (Å²) in [6.07, 6.45) is 1.90. The minimum atomic E-state index is 0.921. The van der Waals surface area contributed by atoms with Gasteiger partial charge < -0.3 is 5.32 Å². The highest BCUT2D eigenvalue weighted by atomic mass is 32.1. The summed E-state index contributed by atoms with van der Waals surface area (Å²) in [6.45, 7) is 0. The maximum Gasteiger partial charge on any atom is 0.196 e. The lowest BCUT2D eigenvalue weighted by Gasteiger charge is -2.22. The molecule has 0 fully saturated rings. The van der Waals surface area contributed by atoms with Crippen LogP contribution in [0.2, 0.25) is 0 Å². The van der Waals surface area contributed by atoms with Crippen molar-refractivity contribution in [1.82, 2.24) is 4.98 Å². The lowest BCUT2D eigenvalue weighted by molar-refractivity contribution is 1.23. The molecule has 0 amide bonds. The van der Waals surface area contributed by atoms with E-state index in [0.29, 0.717) is 0 Å². The summed E-state index contributed by atoms with van der Waals surface area (Å²) in [5.74, 6) is 0. The predicted molar refractivity (Wildman–Crippen MR) is 124 cm³/mol. The molecule has 0 spiro atoms. The molecule has 0 radical (unpaired) electrons. The molecular formula is C25H19N3S. The van der Waals surface area contributed by atoms with Crippen LogP contribution in [0, 0.1) is 0 Å². The van der Waals surface area contributed by atoms with E-state index >= 15 is 0 Å². The zero-order chi connectivity index (χ0) is 19.5. The molecule has 1 N–H and O–H groups in total. The Labute approximate surface area is 173 Å². The molecule has 5 aromatic rings. The number of para-hydroxylation sites is 2. The first-order valence-electron chi connectivity index (χ1n) is 9.49. The molecular weight excluding hydrogens is 374 g/mol. The van der Waals surface area contributed by atoms with Gasteiger partial charge in [0.05, 0.1) is 6.20 Å². The van der Waals surface area contributed by atoms with Crippen molar-refractivity contribution in [3.8, 4) is 0 Å². The standard InChI is InChI=1S/C25H19N3S/c1-3-12-20(13-4-1)28(21-14-5-2-6-15-21)25-26-18-24(29-25)27-23-17-9-11-19-10-7-8-16-22(19)23/h1-18,27H. The van der Waals surface area contributed by atoms with Gasteiger partial charge in [-0.2, -0.15) is 0 Å². The topological polar surface area (TPSA) is 28.2 Å². The number of aromatic nitrogens is 1. The van der Waals surface area contributed by atoms with Gasteiger partial charge in [0.15, 0.2) is 5.13 Å². The molecule has 0 aliphatic rings. The quantitative estimate of drug-likeness (QED) is 0.335. The van der Waals surface area contributed by atoms with E-state index in [2.05, 4.69) is 76.9 Å². The van der Waals surface area contributed by atoms with Crippen LogP contribution in [-0.4, -0.2) is 4.98 Å². The first-order chi connectivity index (χ1) is 14.4. The summed E-state index contributed by atoms with van der Waals surface area (Å²) in [6, 6.07) is 35.4. The smallest absolute Gasteiger partial charge is 0.196 e. The summed E-state index contributed by atoms with van der Waals surface area (Å²) < 4.78 is 0. The van der Waals surface area contributed by atoms with E-state index in [4.69, 9.17) is 4.98 Å². The van der Waals surface area contributed by atoms with Crippen LogP contribution in [0.5, 0.6) is 0 Å². The Kier molecular flexibility index (Phi) is 4.68. The van der Waals surface area contributed by atoms with Crippen LogP contribution in [0.3, 0.4) is 0 Å². The Hall–Kier alpha value is -3.63. The second kappa shape index (κ2) is 7.78. The highest BCUT2D eigenvalue weighted by molar-refractivity contribution is 7.19. The van der Waals surface area contributed by atoms with E-state index in [9.17, 15) is 0 Å². The number of benzene rings is 4. The van der Waals surface area contributed by atoms with Crippen molar-refractivity contribution >= 4 is 49.3 Å². The van der Waals surface area contributed by atoms with Crippen LogP contribution in [-0.2, 0) is 0 Å². The average molecular weight is 394 g/mol. The normalized spacial score (nSPS) is 10.8. The van der Waals surface area contributed by atoms with Gasteiger partial charge in [-0.1, -0.05) is 84.1 Å². The number of anilines is 5. The highest BCUT2D eigenvalue weighted by Crippen LogP contribution is 2.39. The molecule has 0 atom stereocenters. The summed E-state index contributed by atoms with van der Waals surface area (Å²) in [7, 11) is 0. The van der Waals surface area contributed by atoms with Crippen LogP contribution >= 0.6 is 11.3 Å². The average Bonchev–Trinajstić information content (AvgIpc) is 3.24. The van der Waals surface area contributed by atoms with Gasteiger partial charge in [-0.05, 0) is 35.7 Å².